The second-order valence-electron chi connectivity index (χ2n) is 7.93. The Kier molecular flexibility index (Phi) is 12.9. The van der Waals surface area contributed by atoms with Gasteiger partial charge in [0.05, 0.1) is 0 Å². The van der Waals surface area contributed by atoms with E-state index in [1.807, 2.05) is 7.05 Å². The van der Waals surface area contributed by atoms with E-state index in [1.165, 1.54) is 71.4 Å². The first-order valence-corrected chi connectivity index (χ1v) is 10.6. The summed E-state index contributed by atoms with van der Waals surface area (Å²) in [5, 5.41) is 7.02. The van der Waals surface area contributed by atoms with Gasteiger partial charge in [-0.2, -0.15) is 0 Å². The number of nitrogens with one attached hydrogen (secondary N) is 2. The molecule has 1 saturated carbocycles. The maximum atomic E-state index is 5.28. The number of halogens is 1. The lowest BCUT2D eigenvalue weighted by molar-refractivity contribution is 0.0732. The largest absolute Gasteiger partial charge is 0.385 e. The summed E-state index contributed by atoms with van der Waals surface area (Å²) in [5.74, 6) is 0.949. The van der Waals surface area contributed by atoms with Crippen molar-refractivity contribution in [1.29, 1.82) is 0 Å². The molecule has 0 amide bonds. The Morgan fingerprint density at radius 1 is 1.07 bits per heavy atom. The average Bonchev–Trinajstić information content (AvgIpc) is 2.65. The number of nitrogens with zero attached hydrogens (tertiary/aromatic N) is 3. The monoisotopic (exact) mass is 495 g/mol. The normalized spacial score (nSPS) is 20.6. The van der Waals surface area contributed by atoms with E-state index in [-0.39, 0.29) is 24.0 Å². The third-order valence-electron chi connectivity index (χ3n) is 6.21. The Hall–Kier alpha value is -0.120. The molecule has 160 valence electrons. The molecule has 0 aromatic rings. The van der Waals surface area contributed by atoms with Crippen molar-refractivity contribution in [2.45, 2.75) is 45.4 Å². The van der Waals surface area contributed by atoms with E-state index < -0.39 is 0 Å². The zero-order chi connectivity index (χ0) is 18.7. The van der Waals surface area contributed by atoms with Gasteiger partial charge in [0.25, 0.3) is 0 Å². The van der Waals surface area contributed by atoms with Crippen molar-refractivity contribution in [3.63, 3.8) is 0 Å². The van der Waals surface area contributed by atoms with Gasteiger partial charge in [0, 0.05) is 60.0 Å². The molecule has 7 heteroatoms. The highest BCUT2D eigenvalue weighted by Crippen LogP contribution is 2.43. The van der Waals surface area contributed by atoms with Crippen LogP contribution in [-0.2, 0) is 4.74 Å². The number of likely N-dealkylation sites (N-methyl/N-ethyl adjacent to an activating group) is 1. The molecule has 0 bridgehead atoms. The lowest BCUT2D eigenvalue weighted by atomic mass is 9.67. The highest BCUT2D eigenvalue weighted by atomic mass is 127. The van der Waals surface area contributed by atoms with Crippen LogP contribution in [0.4, 0.5) is 0 Å². The smallest absolute Gasteiger partial charge is 0.190 e. The van der Waals surface area contributed by atoms with Gasteiger partial charge in [-0.15, -0.1) is 24.0 Å². The quantitative estimate of drug-likeness (QED) is 0.200. The first kappa shape index (κ1) is 24.9. The second kappa shape index (κ2) is 14.0. The molecule has 0 atom stereocenters. The molecule has 27 heavy (non-hydrogen) atoms. The Morgan fingerprint density at radius 2 is 1.78 bits per heavy atom. The van der Waals surface area contributed by atoms with Crippen LogP contribution in [0.2, 0.25) is 0 Å². The lowest BCUT2D eigenvalue weighted by Gasteiger charge is -2.42. The predicted octanol–water partition coefficient (Wildman–Crippen LogP) is 2.39. The van der Waals surface area contributed by atoms with Gasteiger partial charge < -0.3 is 25.2 Å². The van der Waals surface area contributed by atoms with E-state index in [1.54, 1.807) is 7.11 Å². The van der Waals surface area contributed by atoms with Gasteiger partial charge in [-0.25, -0.2) is 0 Å². The summed E-state index contributed by atoms with van der Waals surface area (Å²) in [5.41, 5.74) is 0.425. The number of hydrogen-bond donors (Lipinski definition) is 2. The molecule has 0 aromatic carbocycles. The average molecular weight is 495 g/mol. The van der Waals surface area contributed by atoms with Crippen molar-refractivity contribution in [2.24, 2.45) is 10.4 Å². The maximum Gasteiger partial charge on any atom is 0.190 e. The van der Waals surface area contributed by atoms with Crippen molar-refractivity contribution in [3.05, 3.63) is 0 Å². The molecule has 0 spiro atoms. The van der Waals surface area contributed by atoms with E-state index in [0.29, 0.717) is 5.41 Å². The van der Waals surface area contributed by atoms with Crippen molar-refractivity contribution in [1.82, 2.24) is 20.4 Å². The highest BCUT2D eigenvalue weighted by Gasteiger charge is 2.36. The molecule has 6 nitrogen and oxygen atoms in total. The summed E-state index contributed by atoms with van der Waals surface area (Å²) in [7, 11) is 3.66. The number of hydrogen-bond acceptors (Lipinski definition) is 4. The van der Waals surface area contributed by atoms with Crippen molar-refractivity contribution < 1.29 is 4.74 Å². The molecule has 0 aromatic heterocycles. The predicted molar refractivity (Wildman–Crippen MR) is 125 cm³/mol. The summed E-state index contributed by atoms with van der Waals surface area (Å²) in [6.07, 6.45) is 7.58. The van der Waals surface area contributed by atoms with Gasteiger partial charge in [0.2, 0.25) is 0 Å². The molecule has 2 fully saturated rings. The van der Waals surface area contributed by atoms with Crippen LogP contribution in [0.5, 0.6) is 0 Å². The summed E-state index contributed by atoms with van der Waals surface area (Å²) >= 11 is 0. The van der Waals surface area contributed by atoms with Crippen LogP contribution in [0.15, 0.2) is 4.99 Å². The van der Waals surface area contributed by atoms with Crippen LogP contribution in [0, 0.1) is 5.41 Å². The number of guanidine groups is 1. The van der Waals surface area contributed by atoms with Crippen molar-refractivity contribution in [2.75, 3.05) is 73.1 Å². The maximum absolute atomic E-state index is 5.28. The molecule has 0 radical (unpaired) electrons. The minimum atomic E-state index is 0. The van der Waals surface area contributed by atoms with Crippen LogP contribution in [0.1, 0.15) is 45.4 Å². The van der Waals surface area contributed by atoms with Crippen LogP contribution in [-0.4, -0.2) is 88.9 Å². The number of aliphatic imine (C=N–C) groups is 1. The fourth-order valence-electron chi connectivity index (χ4n) is 4.00. The minimum absolute atomic E-state index is 0. The molecular formula is C20H42IN5O. The first-order chi connectivity index (χ1) is 12.7. The van der Waals surface area contributed by atoms with Crippen LogP contribution in [0.3, 0.4) is 0 Å². The number of ether oxygens (including phenoxy) is 1. The zero-order valence-electron chi connectivity index (χ0n) is 17.8. The molecule has 1 saturated heterocycles. The summed E-state index contributed by atoms with van der Waals surface area (Å²) < 4.78 is 5.28. The third kappa shape index (κ3) is 8.83. The highest BCUT2D eigenvalue weighted by molar-refractivity contribution is 14.0. The third-order valence-corrected chi connectivity index (χ3v) is 6.21. The molecular weight excluding hydrogens is 453 g/mol. The Balaban J connectivity index is 0.00000364. The Labute approximate surface area is 183 Å². The van der Waals surface area contributed by atoms with Crippen molar-refractivity contribution in [3.8, 4) is 0 Å². The topological polar surface area (TPSA) is 52.1 Å². The molecule has 2 N–H and O–H groups in total. The second-order valence-corrected chi connectivity index (χ2v) is 7.93. The Morgan fingerprint density at radius 3 is 2.33 bits per heavy atom. The van der Waals surface area contributed by atoms with Gasteiger partial charge in [-0.3, -0.25) is 4.99 Å². The van der Waals surface area contributed by atoms with E-state index in [0.717, 1.165) is 32.1 Å². The van der Waals surface area contributed by atoms with Gasteiger partial charge in [-0.1, -0.05) is 13.3 Å². The van der Waals surface area contributed by atoms with E-state index in [4.69, 9.17) is 4.74 Å². The standard InChI is InChI=1S/C20H41N5O.HI/c1-4-24-13-15-25(16-14-24)12-6-5-11-22-19(21-2)23-18-20(8-7-9-20)10-17-26-3;/h4-18H2,1-3H3,(H2,21,22,23);1H. The van der Waals surface area contributed by atoms with Crippen LogP contribution in [0.25, 0.3) is 0 Å². The zero-order valence-corrected chi connectivity index (χ0v) is 20.1. The summed E-state index contributed by atoms with van der Waals surface area (Å²) in [4.78, 5) is 9.53. The number of rotatable bonds is 11. The van der Waals surface area contributed by atoms with Gasteiger partial charge in [0.15, 0.2) is 5.96 Å². The molecule has 0 unspecified atom stereocenters. The first-order valence-electron chi connectivity index (χ1n) is 10.6. The fraction of sp³-hybridized carbons (Fsp3) is 0.950. The van der Waals surface area contributed by atoms with Gasteiger partial charge in [-0.05, 0) is 50.6 Å². The number of piperazine rings is 1. The van der Waals surface area contributed by atoms with Crippen LogP contribution >= 0.6 is 24.0 Å². The fourth-order valence-corrected chi connectivity index (χ4v) is 4.00. The Bertz CT molecular complexity index is 409. The number of methoxy groups -OCH3 is 1. The number of unbranched alkanes of at least 4 members (excludes halogenated alkanes) is 1. The molecule has 1 heterocycles. The molecule has 1 aliphatic carbocycles. The SMILES string of the molecule is CCN1CCN(CCCCNC(=NC)NCC2(CCOC)CCC2)CC1.I. The molecule has 2 aliphatic rings. The van der Waals surface area contributed by atoms with Gasteiger partial charge in [0.1, 0.15) is 0 Å². The minimum Gasteiger partial charge on any atom is -0.385 e. The van der Waals surface area contributed by atoms with Gasteiger partial charge >= 0.3 is 0 Å². The lowest BCUT2D eigenvalue weighted by Crippen LogP contribution is -2.47. The summed E-state index contributed by atoms with van der Waals surface area (Å²) in [6, 6.07) is 0. The molecule has 2 rings (SSSR count). The van der Waals surface area contributed by atoms with Crippen molar-refractivity contribution >= 4 is 29.9 Å². The van der Waals surface area contributed by atoms with E-state index in [2.05, 4.69) is 32.3 Å². The van der Waals surface area contributed by atoms with E-state index >= 15 is 0 Å². The van der Waals surface area contributed by atoms with E-state index in [9.17, 15) is 0 Å². The van der Waals surface area contributed by atoms with Crippen LogP contribution < -0.4 is 10.6 Å². The summed E-state index contributed by atoms with van der Waals surface area (Å²) in [6.45, 7) is 12.5. The molecule has 1 aliphatic heterocycles.